The largest absolute Gasteiger partial charge is 0.372 e. The summed E-state index contributed by atoms with van der Waals surface area (Å²) in [6.45, 7) is 1.87. The van der Waals surface area contributed by atoms with Crippen LogP contribution in [0.1, 0.15) is 16.8 Å². The van der Waals surface area contributed by atoms with E-state index in [2.05, 4.69) is 26.2 Å². The molecule has 0 saturated heterocycles. The molecule has 0 fully saturated rings. The average Bonchev–Trinajstić information content (AvgIpc) is 2.95. The van der Waals surface area contributed by atoms with Gasteiger partial charge in [0.1, 0.15) is 0 Å². The minimum Gasteiger partial charge on any atom is -0.372 e. The number of aryl methyl sites for hydroxylation is 1. The molecule has 1 unspecified atom stereocenters. The van der Waals surface area contributed by atoms with Gasteiger partial charge in [-0.05, 0) is 31.2 Å². The van der Waals surface area contributed by atoms with Crippen molar-refractivity contribution in [1.82, 2.24) is 4.98 Å². The van der Waals surface area contributed by atoms with Crippen LogP contribution in [-0.2, 0) is 10.4 Å². The maximum absolute atomic E-state index is 12.6. The van der Waals surface area contributed by atoms with Crippen LogP contribution in [0.5, 0.6) is 0 Å². The predicted molar refractivity (Wildman–Crippen MR) is 88.8 cm³/mol. The number of hydrogen-bond donors (Lipinski definition) is 3. The summed E-state index contributed by atoms with van der Waals surface area (Å²) in [5, 5.41) is 14.9. The molecule has 0 aliphatic carbocycles. The van der Waals surface area contributed by atoms with Crippen LogP contribution in [0.3, 0.4) is 0 Å². The number of H-pyrrole nitrogens is 1. The molecule has 3 N–H and O–H groups in total. The standard InChI is InChI=1S/C17H13BrN2O2/c1-9-15(11-4-2-3-5-13(11)19-9)17(22)12-8-10(18)6-7-14(12)20-16(17)21/h2-8,19,22H,1H3,(H,20,21). The van der Waals surface area contributed by atoms with Crippen molar-refractivity contribution in [3.05, 3.63) is 63.8 Å². The molecule has 1 aromatic heterocycles. The van der Waals surface area contributed by atoms with Crippen molar-refractivity contribution in [2.24, 2.45) is 0 Å². The molecule has 0 bridgehead atoms. The summed E-state index contributed by atoms with van der Waals surface area (Å²) in [4.78, 5) is 15.8. The number of rotatable bonds is 1. The van der Waals surface area contributed by atoms with Gasteiger partial charge in [-0.2, -0.15) is 0 Å². The first-order valence-electron chi connectivity index (χ1n) is 6.93. The topological polar surface area (TPSA) is 65.1 Å². The quantitative estimate of drug-likeness (QED) is 0.625. The van der Waals surface area contributed by atoms with Gasteiger partial charge in [-0.15, -0.1) is 0 Å². The van der Waals surface area contributed by atoms with Crippen LogP contribution in [0.15, 0.2) is 46.9 Å². The van der Waals surface area contributed by atoms with Crippen molar-refractivity contribution in [3.63, 3.8) is 0 Å². The van der Waals surface area contributed by atoms with E-state index in [1.54, 1.807) is 12.1 Å². The SMILES string of the molecule is Cc1[nH]c2ccccc2c1C1(O)C(=O)Nc2ccc(Br)cc21. The number of nitrogens with one attached hydrogen (secondary N) is 2. The molecule has 1 amide bonds. The van der Waals surface area contributed by atoms with Gasteiger partial charge >= 0.3 is 0 Å². The van der Waals surface area contributed by atoms with E-state index in [4.69, 9.17) is 0 Å². The molecule has 2 aromatic carbocycles. The van der Waals surface area contributed by atoms with Crippen LogP contribution in [0.2, 0.25) is 0 Å². The predicted octanol–water partition coefficient (Wildman–Crippen LogP) is 3.43. The molecule has 3 aromatic rings. The van der Waals surface area contributed by atoms with Crippen molar-refractivity contribution < 1.29 is 9.90 Å². The number of para-hydroxylation sites is 1. The van der Waals surface area contributed by atoms with Crippen molar-refractivity contribution in [2.45, 2.75) is 12.5 Å². The molecule has 110 valence electrons. The van der Waals surface area contributed by atoms with E-state index in [-0.39, 0.29) is 0 Å². The maximum Gasteiger partial charge on any atom is 0.265 e. The van der Waals surface area contributed by atoms with Gasteiger partial charge in [0.25, 0.3) is 5.91 Å². The molecule has 1 aliphatic rings. The van der Waals surface area contributed by atoms with E-state index in [0.29, 0.717) is 16.8 Å². The van der Waals surface area contributed by atoms with Crippen LogP contribution < -0.4 is 5.32 Å². The third-order valence-corrected chi connectivity index (χ3v) is 4.70. The van der Waals surface area contributed by atoms with Gasteiger partial charge in [-0.1, -0.05) is 34.1 Å². The number of benzene rings is 2. The summed E-state index contributed by atoms with van der Waals surface area (Å²) in [5.74, 6) is -0.423. The Morgan fingerprint density at radius 1 is 1.18 bits per heavy atom. The first-order chi connectivity index (χ1) is 10.5. The molecular weight excluding hydrogens is 344 g/mol. The van der Waals surface area contributed by atoms with Crippen molar-refractivity contribution in [2.75, 3.05) is 5.32 Å². The lowest BCUT2D eigenvalue weighted by molar-refractivity contribution is -0.129. The molecule has 4 rings (SSSR count). The van der Waals surface area contributed by atoms with E-state index in [0.717, 1.165) is 21.1 Å². The molecule has 4 nitrogen and oxygen atoms in total. The zero-order valence-electron chi connectivity index (χ0n) is 11.8. The molecule has 22 heavy (non-hydrogen) atoms. The molecule has 1 aliphatic heterocycles. The first kappa shape index (κ1) is 13.5. The fourth-order valence-electron chi connectivity index (χ4n) is 3.25. The highest BCUT2D eigenvalue weighted by Gasteiger charge is 2.49. The Morgan fingerprint density at radius 2 is 1.95 bits per heavy atom. The van der Waals surface area contributed by atoms with E-state index >= 15 is 0 Å². The molecular formula is C17H13BrN2O2. The molecule has 1 atom stereocenters. The summed E-state index contributed by atoms with van der Waals surface area (Å²) in [6.07, 6.45) is 0. The fourth-order valence-corrected chi connectivity index (χ4v) is 3.61. The van der Waals surface area contributed by atoms with E-state index < -0.39 is 11.5 Å². The molecule has 2 heterocycles. The zero-order chi connectivity index (χ0) is 15.5. The van der Waals surface area contributed by atoms with Gasteiger partial charge in [0.2, 0.25) is 0 Å². The molecule has 0 saturated carbocycles. The number of aliphatic hydroxyl groups is 1. The van der Waals surface area contributed by atoms with Crippen LogP contribution >= 0.6 is 15.9 Å². The number of anilines is 1. The Bertz CT molecular complexity index is 932. The lowest BCUT2D eigenvalue weighted by Crippen LogP contribution is -2.35. The van der Waals surface area contributed by atoms with Crippen LogP contribution in [-0.4, -0.2) is 16.0 Å². The molecule has 0 spiro atoms. The van der Waals surface area contributed by atoms with Gasteiger partial charge in [0.05, 0.1) is 0 Å². The zero-order valence-corrected chi connectivity index (χ0v) is 13.4. The fraction of sp³-hybridized carbons (Fsp3) is 0.118. The summed E-state index contributed by atoms with van der Waals surface area (Å²) >= 11 is 3.41. The number of aromatic amines is 1. The summed E-state index contributed by atoms with van der Waals surface area (Å²) < 4.78 is 0.818. The van der Waals surface area contributed by atoms with Crippen LogP contribution in [0, 0.1) is 6.92 Å². The Balaban J connectivity index is 2.08. The van der Waals surface area contributed by atoms with Crippen molar-refractivity contribution in [3.8, 4) is 0 Å². The number of carbonyl (C=O) groups excluding carboxylic acids is 1. The van der Waals surface area contributed by atoms with E-state index in [1.807, 2.05) is 37.3 Å². The number of halogens is 1. The summed E-state index contributed by atoms with van der Waals surface area (Å²) in [6, 6.07) is 13.1. The number of aromatic nitrogens is 1. The Morgan fingerprint density at radius 3 is 2.77 bits per heavy atom. The van der Waals surface area contributed by atoms with Crippen LogP contribution in [0.25, 0.3) is 10.9 Å². The van der Waals surface area contributed by atoms with Gasteiger partial charge in [-0.25, -0.2) is 0 Å². The Kier molecular flexibility index (Phi) is 2.74. The average molecular weight is 357 g/mol. The normalized spacial score (nSPS) is 20.2. The van der Waals surface area contributed by atoms with Crippen LogP contribution in [0.4, 0.5) is 5.69 Å². The third-order valence-electron chi connectivity index (χ3n) is 4.20. The van der Waals surface area contributed by atoms with E-state index in [9.17, 15) is 9.90 Å². The Labute approximate surface area is 135 Å². The minimum atomic E-state index is -1.69. The third kappa shape index (κ3) is 1.63. The summed E-state index contributed by atoms with van der Waals surface area (Å²) in [5.41, 5.74) is 1.81. The second-order valence-electron chi connectivity index (χ2n) is 5.53. The number of amides is 1. The van der Waals surface area contributed by atoms with E-state index in [1.165, 1.54) is 0 Å². The number of hydrogen-bond acceptors (Lipinski definition) is 2. The second-order valence-corrected chi connectivity index (χ2v) is 6.44. The monoisotopic (exact) mass is 356 g/mol. The molecule has 5 heteroatoms. The first-order valence-corrected chi connectivity index (χ1v) is 7.73. The highest BCUT2D eigenvalue weighted by Crippen LogP contribution is 2.45. The lowest BCUT2D eigenvalue weighted by atomic mass is 9.85. The molecule has 0 radical (unpaired) electrons. The number of carbonyl (C=O) groups is 1. The van der Waals surface area contributed by atoms with Gasteiger partial charge < -0.3 is 15.4 Å². The lowest BCUT2D eigenvalue weighted by Gasteiger charge is -2.22. The maximum atomic E-state index is 12.6. The van der Waals surface area contributed by atoms with Crippen molar-refractivity contribution >= 4 is 38.4 Å². The van der Waals surface area contributed by atoms with Gasteiger partial charge in [0, 0.05) is 37.9 Å². The van der Waals surface area contributed by atoms with Crippen molar-refractivity contribution in [1.29, 1.82) is 0 Å². The smallest absolute Gasteiger partial charge is 0.265 e. The second kappa shape index (κ2) is 4.44. The number of fused-ring (bicyclic) bond motifs is 2. The van der Waals surface area contributed by atoms with Gasteiger partial charge in [0.15, 0.2) is 5.60 Å². The summed E-state index contributed by atoms with van der Waals surface area (Å²) in [7, 11) is 0. The Hall–Kier alpha value is -2.11. The van der Waals surface area contributed by atoms with Gasteiger partial charge in [-0.3, -0.25) is 4.79 Å². The highest BCUT2D eigenvalue weighted by atomic mass is 79.9. The minimum absolute atomic E-state index is 0.423. The highest BCUT2D eigenvalue weighted by molar-refractivity contribution is 9.10.